The molecule has 0 aliphatic heterocycles. The zero-order valence-electron chi connectivity index (χ0n) is 16.4. The number of fused-ring (bicyclic) bond motifs is 1. The number of aromatic amines is 1. The predicted molar refractivity (Wildman–Crippen MR) is 110 cm³/mol. The Morgan fingerprint density at radius 2 is 2.11 bits per heavy atom. The Kier molecular flexibility index (Phi) is 7.07. The fourth-order valence-electron chi connectivity index (χ4n) is 3.90. The van der Waals surface area contributed by atoms with E-state index in [1.807, 2.05) is 25.3 Å². The van der Waals surface area contributed by atoms with E-state index in [1.165, 1.54) is 6.42 Å². The summed E-state index contributed by atoms with van der Waals surface area (Å²) in [4.78, 5) is 20.2. The van der Waals surface area contributed by atoms with Crippen LogP contribution in [-0.4, -0.2) is 36.1 Å². The van der Waals surface area contributed by atoms with Gasteiger partial charge in [0.2, 0.25) is 15.9 Å². The summed E-state index contributed by atoms with van der Waals surface area (Å²) in [5.74, 6) is 0.168. The van der Waals surface area contributed by atoms with Gasteiger partial charge in [-0.2, -0.15) is 0 Å². The highest BCUT2D eigenvalue weighted by Gasteiger charge is 2.27. The van der Waals surface area contributed by atoms with Crippen LogP contribution in [0.5, 0.6) is 0 Å². The third kappa shape index (κ3) is 5.78. The van der Waals surface area contributed by atoms with Gasteiger partial charge in [-0.25, -0.2) is 18.1 Å². The summed E-state index contributed by atoms with van der Waals surface area (Å²) in [5, 5.41) is 3.87. The average Bonchev–Trinajstić information content (AvgIpc) is 3.14. The molecule has 0 saturated heterocycles. The van der Waals surface area contributed by atoms with Crippen LogP contribution in [0.25, 0.3) is 11.0 Å². The van der Waals surface area contributed by atoms with Crippen LogP contribution in [0.2, 0.25) is 0 Å². The standard InChI is InChI=1S/C20H30N4O3S/c1-2-10-28(26,27)24-18(12-15-6-4-3-5-7-15)20(25)23-14-16-11-17-8-9-21-19(17)22-13-16/h8-9,11,13,15,18,24H,2-7,10,12,14H2,1H3,(H,21,22)(H,23,25)/t18-/m0/s1. The number of aromatic nitrogens is 2. The second-order valence-corrected chi connectivity index (χ2v) is 9.58. The fraction of sp³-hybridized carbons (Fsp3) is 0.600. The van der Waals surface area contributed by atoms with Crippen molar-refractivity contribution in [3.8, 4) is 0 Å². The number of carbonyl (C=O) groups excluding carboxylic acids is 1. The second kappa shape index (κ2) is 9.52. The van der Waals surface area contributed by atoms with Gasteiger partial charge in [0.05, 0.1) is 5.75 Å². The van der Waals surface area contributed by atoms with Crippen LogP contribution in [0.4, 0.5) is 0 Å². The molecular formula is C20H30N4O3S. The summed E-state index contributed by atoms with van der Waals surface area (Å²) in [7, 11) is -3.46. The van der Waals surface area contributed by atoms with Crippen LogP contribution in [0.3, 0.4) is 0 Å². The highest BCUT2D eigenvalue weighted by molar-refractivity contribution is 7.89. The van der Waals surface area contributed by atoms with Crippen LogP contribution < -0.4 is 10.0 Å². The minimum atomic E-state index is -3.46. The van der Waals surface area contributed by atoms with Crippen LogP contribution >= 0.6 is 0 Å². The van der Waals surface area contributed by atoms with E-state index in [9.17, 15) is 13.2 Å². The van der Waals surface area contributed by atoms with Crippen LogP contribution in [0.15, 0.2) is 24.5 Å². The molecule has 1 saturated carbocycles. The smallest absolute Gasteiger partial charge is 0.238 e. The maximum atomic E-state index is 12.8. The number of hydrogen-bond acceptors (Lipinski definition) is 4. The highest BCUT2D eigenvalue weighted by atomic mass is 32.2. The van der Waals surface area contributed by atoms with Gasteiger partial charge in [0.15, 0.2) is 0 Å². The lowest BCUT2D eigenvalue weighted by molar-refractivity contribution is -0.123. The lowest BCUT2D eigenvalue weighted by Crippen LogP contribution is -2.48. The molecular weight excluding hydrogens is 376 g/mol. The molecule has 2 aromatic heterocycles. The lowest BCUT2D eigenvalue weighted by atomic mass is 9.85. The topological polar surface area (TPSA) is 104 Å². The Labute approximate surface area is 166 Å². The predicted octanol–water partition coefficient (Wildman–Crippen LogP) is 2.85. The van der Waals surface area contributed by atoms with Crippen molar-refractivity contribution < 1.29 is 13.2 Å². The Balaban J connectivity index is 1.65. The van der Waals surface area contributed by atoms with E-state index in [-0.39, 0.29) is 11.7 Å². The van der Waals surface area contributed by atoms with Crippen molar-refractivity contribution in [1.82, 2.24) is 20.0 Å². The summed E-state index contributed by atoms with van der Waals surface area (Å²) >= 11 is 0. The SMILES string of the molecule is CCCS(=O)(=O)N[C@@H](CC1CCCCC1)C(=O)NCc1cnc2[nH]ccc2c1. The third-order valence-electron chi connectivity index (χ3n) is 5.33. The monoisotopic (exact) mass is 406 g/mol. The Morgan fingerprint density at radius 1 is 1.32 bits per heavy atom. The quantitative estimate of drug-likeness (QED) is 0.596. The molecule has 1 fully saturated rings. The van der Waals surface area contributed by atoms with Crippen molar-refractivity contribution in [2.75, 3.05) is 5.75 Å². The Hall–Kier alpha value is -1.93. The van der Waals surface area contributed by atoms with E-state index in [4.69, 9.17) is 0 Å². The summed E-state index contributed by atoms with van der Waals surface area (Å²) in [6.07, 6.45) is 10.3. The maximum Gasteiger partial charge on any atom is 0.238 e. The van der Waals surface area contributed by atoms with Gasteiger partial charge in [0, 0.05) is 24.3 Å². The first-order valence-electron chi connectivity index (χ1n) is 10.2. The number of nitrogens with one attached hydrogen (secondary N) is 3. The van der Waals surface area contributed by atoms with Gasteiger partial charge in [-0.3, -0.25) is 4.79 Å². The van der Waals surface area contributed by atoms with E-state index in [0.29, 0.717) is 25.3 Å². The van der Waals surface area contributed by atoms with Gasteiger partial charge in [-0.15, -0.1) is 0 Å². The molecule has 1 amide bonds. The summed E-state index contributed by atoms with van der Waals surface area (Å²) in [6, 6.07) is 3.18. The molecule has 1 atom stereocenters. The fourth-order valence-corrected chi connectivity index (χ4v) is 5.20. The van der Waals surface area contributed by atoms with E-state index < -0.39 is 16.1 Å². The zero-order valence-corrected chi connectivity index (χ0v) is 17.2. The van der Waals surface area contributed by atoms with Gasteiger partial charge < -0.3 is 10.3 Å². The molecule has 1 aliphatic rings. The third-order valence-corrected chi connectivity index (χ3v) is 6.92. The molecule has 0 radical (unpaired) electrons. The van der Waals surface area contributed by atoms with E-state index in [1.54, 1.807) is 6.20 Å². The van der Waals surface area contributed by atoms with Crippen LogP contribution in [0, 0.1) is 5.92 Å². The van der Waals surface area contributed by atoms with E-state index >= 15 is 0 Å². The first-order chi connectivity index (χ1) is 13.5. The van der Waals surface area contributed by atoms with Gasteiger partial charge in [-0.05, 0) is 36.5 Å². The molecule has 0 unspecified atom stereocenters. The molecule has 8 heteroatoms. The van der Waals surface area contributed by atoms with Crippen molar-refractivity contribution >= 4 is 27.0 Å². The molecule has 154 valence electrons. The van der Waals surface area contributed by atoms with Gasteiger partial charge in [0.1, 0.15) is 11.7 Å². The second-order valence-electron chi connectivity index (χ2n) is 7.71. The molecule has 0 spiro atoms. The van der Waals surface area contributed by atoms with Gasteiger partial charge in [-0.1, -0.05) is 39.0 Å². The molecule has 0 bridgehead atoms. The largest absolute Gasteiger partial charge is 0.351 e. The normalized spacial score (nSPS) is 16.9. The minimum Gasteiger partial charge on any atom is -0.351 e. The number of hydrogen-bond donors (Lipinski definition) is 3. The Morgan fingerprint density at radius 3 is 2.86 bits per heavy atom. The average molecular weight is 407 g/mol. The van der Waals surface area contributed by atoms with Gasteiger partial charge >= 0.3 is 0 Å². The summed E-state index contributed by atoms with van der Waals surface area (Å²) in [6.45, 7) is 2.14. The van der Waals surface area contributed by atoms with Crippen LogP contribution in [-0.2, 0) is 21.4 Å². The van der Waals surface area contributed by atoms with Gasteiger partial charge in [0.25, 0.3) is 0 Å². The highest BCUT2D eigenvalue weighted by Crippen LogP contribution is 2.27. The molecule has 28 heavy (non-hydrogen) atoms. The van der Waals surface area contributed by atoms with Crippen molar-refractivity contribution in [3.05, 3.63) is 30.1 Å². The van der Waals surface area contributed by atoms with E-state index in [2.05, 4.69) is 20.0 Å². The van der Waals surface area contributed by atoms with Crippen molar-refractivity contribution in [2.45, 2.75) is 64.5 Å². The number of amides is 1. The zero-order chi connectivity index (χ0) is 20.0. The molecule has 2 aromatic rings. The molecule has 3 N–H and O–H groups in total. The summed E-state index contributed by atoms with van der Waals surface area (Å²) in [5.41, 5.74) is 1.69. The minimum absolute atomic E-state index is 0.0372. The molecule has 1 aliphatic carbocycles. The van der Waals surface area contributed by atoms with Crippen molar-refractivity contribution in [2.24, 2.45) is 5.92 Å². The number of nitrogens with zero attached hydrogens (tertiary/aromatic N) is 1. The maximum absolute atomic E-state index is 12.8. The number of rotatable bonds is 9. The lowest BCUT2D eigenvalue weighted by Gasteiger charge is -2.26. The summed E-state index contributed by atoms with van der Waals surface area (Å²) < 4.78 is 27.2. The number of pyridine rings is 1. The molecule has 0 aromatic carbocycles. The first kappa shape index (κ1) is 20.8. The molecule has 3 rings (SSSR count). The van der Waals surface area contributed by atoms with Crippen LogP contribution in [0.1, 0.15) is 57.4 Å². The first-order valence-corrected chi connectivity index (χ1v) is 11.8. The molecule has 7 nitrogen and oxygen atoms in total. The Bertz CT molecular complexity index is 888. The number of carbonyl (C=O) groups is 1. The molecule has 2 heterocycles. The van der Waals surface area contributed by atoms with E-state index in [0.717, 1.165) is 42.3 Å². The number of H-pyrrole nitrogens is 1. The van der Waals surface area contributed by atoms with Crippen molar-refractivity contribution in [3.63, 3.8) is 0 Å². The van der Waals surface area contributed by atoms with Crippen molar-refractivity contribution in [1.29, 1.82) is 0 Å². The number of sulfonamides is 1.